The molecule has 0 aliphatic carbocycles. The molecule has 32 heavy (non-hydrogen) atoms. The molecule has 0 bridgehead atoms. The van der Waals surface area contributed by atoms with Gasteiger partial charge in [-0.1, -0.05) is 0 Å². The van der Waals surface area contributed by atoms with Crippen molar-refractivity contribution in [3.63, 3.8) is 0 Å². The number of hydrogen-bond acceptors (Lipinski definition) is 6. The lowest BCUT2D eigenvalue weighted by Crippen LogP contribution is -2.47. The van der Waals surface area contributed by atoms with E-state index >= 15 is 0 Å². The number of nitrogens with zero attached hydrogens (tertiary/aromatic N) is 4. The van der Waals surface area contributed by atoms with Gasteiger partial charge in [-0.25, -0.2) is 9.99 Å². The Kier molecular flexibility index (Phi) is 5.84. The molecule has 0 amide bonds. The van der Waals surface area contributed by atoms with Gasteiger partial charge in [-0.15, -0.1) is 0 Å². The van der Waals surface area contributed by atoms with Gasteiger partial charge in [0.15, 0.2) is 18.1 Å². The maximum absolute atomic E-state index is 13.2. The summed E-state index contributed by atoms with van der Waals surface area (Å²) in [5.41, 5.74) is -3.66. The molecule has 0 radical (unpaired) electrons. The van der Waals surface area contributed by atoms with E-state index in [-0.39, 0.29) is 0 Å². The first-order valence-electron chi connectivity index (χ1n) is 8.48. The molecule has 0 saturated carbocycles. The number of hydrazone groups is 1. The summed E-state index contributed by atoms with van der Waals surface area (Å²) in [7, 11) is 0. The van der Waals surface area contributed by atoms with Gasteiger partial charge in [0.1, 0.15) is 0 Å². The van der Waals surface area contributed by atoms with Crippen LogP contribution in [0.2, 0.25) is 0 Å². The summed E-state index contributed by atoms with van der Waals surface area (Å²) in [6.45, 7) is 0. The molecule has 0 spiro atoms. The first-order chi connectivity index (χ1) is 14.6. The maximum Gasteiger partial charge on any atom is 0.417 e. The second kappa shape index (κ2) is 7.88. The molecule has 15 heteroatoms. The molecule has 2 N–H and O–H groups in total. The van der Waals surface area contributed by atoms with E-state index < -0.39 is 65.1 Å². The van der Waals surface area contributed by atoms with E-state index in [0.29, 0.717) is 35.6 Å². The first-order valence-corrected chi connectivity index (χ1v) is 8.48. The molecule has 0 fully saturated rings. The Balaban J connectivity index is 2.04. The molecule has 6 nitrogen and oxygen atoms in total. The van der Waals surface area contributed by atoms with Crippen molar-refractivity contribution < 1.29 is 49.7 Å². The highest BCUT2D eigenvalue weighted by Crippen LogP contribution is 2.37. The molecule has 0 saturated heterocycles. The van der Waals surface area contributed by atoms with Crippen LogP contribution in [-0.2, 0) is 12.4 Å². The highest BCUT2D eigenvalue weighted by Gasteiger charge is 2.53. The lowest BCUT2D eigenvalue weighted by molar-refractivity contribution is -0.218. The number of hydrogen-bond donors (Lipinski definition) is 2. The molecule has 2 aromatic heterocycles. The zero-order valence-electron chi connectivity index (χ0n) is 15.3. The summed E-state index contributed by atoms with van der Waals surface area (Å²) < 4.78 is 116. The fourth-order valence-electron chi connectivity index (χ4n) is 2.86. The third-order valence-corrected chi connectivity index (χ3v) is 4.44. The Hall–Kier alpha value is -2.94. The molecule has 3 rings (SSSR count). The van der Waals surface area contributed by atoms with Gasteiger partial charge in [-0.3, -0.25) is 4.98 Å². The zero-order chi connectivity index (χ0) is 24.1. The lowest BCUT2D eigenvalue weighted by Gasteiger charge is -2.27. The Labute approximate surface area is 172 Å². The number of alkyl halides is 9. The van der Waals surface area contributed by atoms with E-state index in [9.17, 15) is 49.7 Å². The standard InChI is InChI=1S/C17H11F9N4O2/c18-15(19,20)7-1-3-9(27-5-7)12-11(13(31)17(24,25)26)14(32)30(29-12)10-4-2-8(6-28-10)16(21,22)23/h1-6,11,13-14,31-32H. The van der Waals surface area contributed by atoms with Crippen molar-refractivity contribution in [1.82, 2.24) is 9.97 Å². The van der Waals surface area contributed by atoms with Gasteiger partial charge >= 0.3 is 18.5 Å². The Morgan fingerprint density at radius 2 is 1.34 bits per heavy atom. The van der Waals surface area contributed by atoms with E-state index in [2.05, 4.69) is 15.1 Å². The number of halogens is 9. The van der Waals surface area contributed by atoms with Gasteiger partial charge in [0.2, 0.25) is 0 Å². The van der Waals surface area contributed by atoms with Crippen LogP contribution in [0, 0.1) is 5.92 Å². The van der Waals surface area contributed by atoms with Crippen LogP contribution in [-0.4, -0.2) is 44.4 Å². The Morgan fingerprint density at radius 1 is 0.812 bits per heavy atom. The normalized spacial score (nSPS) is 21.0. The van der Waals surface area contributed by atoms with E-state index in [1.807, 2.05) is 0 Å². The summed E-state index contributed by atoms with van der Waals surface area (Å²) in [6, 6.07) is 2.45. The van der Waals surface area contributed by atoms with E-state index in [0.717, 1.165) is 6.07 Å². The van der Waals surface area contributed by atoms with Crippen molar-refractivity contribution in [1.29, 1.82) is 0 Å². The molecule has 0 aromatic carbocycles. The van der Waals surface area contributed by atoms with Crippen molar-refractivity contribution >= 4 is 11.5 Å². The van der Waals surface area contributed by atoms with Crippen LogP contribution in [0.1, 0.15) is 16.8 Å². The number of rotatable bonds is 3. The molecule has 3 heterocycles. The summed E-state index contributed by atoms with van der Waals surface area (Å²) in [4.78, 5) is 6.83. The Bertz CT molecular complexity index is 986. The number of anilines is 1. The molecular weight excluding hydrogens is 463 g/mol. The number of aromatic nitrogens is 2. The maximum atomic E-state index is 13.2. The van der Waals surface area contributed by atoms with Gasteiger partial charge in [0, 0.05) is 12.4 Å². The second-order valence-electron chi connectivity index (χ2n) is 6.59. The van der Waals surface area contributed by atoms with Crippen molar-refractivity contribution in [3.05, 3.63) is 53.5 Å². The number of aliphatic hydroxyl groups excluding tert-OH is 2. The van der Waals surface area contributed by atoms with Gasteiger partial charge in [0.25, 0.3) is 0 Å². The molecule has 3 atom stereocenters. The monoisotopic (exact) mass is 474 g/mol. The molecule has 1 aliphatic rings. The number of pyridine rings is 2. The lowest BCUT2D eigenvalue weighted by atomic mass is 9.92. The quantitative estimate of drug-likeness (QED) is 0.665. The fraction of sp³-hybridized carbons (Fsp3) is 0.353. The molecule has 2 aromatic rings. The third-order valence-electron chi connectivity index (χ3n) is 4.44. The van der Waals surface area contributed by atoms with E-state index in [1.165, 1.54) is 0 Å². The van der Waals surface area contributed by atoms with Crippen molar-refractivity contribution in [3.8, 4) is 0 Å². The largest absolute Gasteiger partial charge is 0.417 e. The van der Waals surface area contributed by atoms with E-state index in [4.69, 9.17) is 0 Å². The van der Waals surface area contributed by atoms with Crippen molar-refractivity contribution in [2.75, 3.05) is 5.01 Å². The van der Waals surface area contributed by atoms with Crippen LogP contribution >= 0.6 is 0 Å². The highest BCUT2D eigenvalue weighted by molar-refractivity contribution is 6.03. The molecule has 174 valence electrons. The minimum absolute atomic E-state index is 0.320. The smallest absolute Gasteiger partial charge is 0.383 e. The predicted octanol–water partition coefficient (Wildman–Crippen LogP) is 3.60. The van der Waals surface area contributed by atoms with Gasteiger partial charge in [0.05, 0.1) is 28.5 Å². The minimum atomic E-state index is -5.28. The van der Waals surface area contributed by atoms with Crippen LogP contribution in [0.4, 0.5) is 45.3 Å². The first kappa shape index (κ1) is 23.7. The molecular formula is C17H11F9N4O2. The predicted molar refractivity (Wildman–Crippen MR) is 89.1 cm³/mol. The van der Waals surface area contributed by atoms with Gasteiger partial charge in [-0.2, -0.15) is 44.6 Å². The van der Waals surface area contributed by atoms with Crippen LogP contribution in [0.3, 0.4) is 0 Å². The van der Waals surface area contributed by atoms with Crippen molar-refractivity contribution in [2.24, 2.45) is 11.0 Å². The number of aliphatic hydroxyl groups is 2. The summed E-state index contributed by atoms with van der Waals surface area (Å²) in [5.74, 6) is -2.75. The second-order valence-corrected chi connectivity index (χ2v) is 6.59. The van der Waals surface area contributed by atoms with Crippen LogP contribution in [0.25, 0.3) is 0 Å². The van der Waals surface area contributed by atoms with Crippen molar-refractivity contribution in [2.45, 2.75) is 30.9 Å². The summed E-state index contributed by atoms with van der Waals surface area (Å²) >= 11 is 0. The zero-order valence-corrected chi connectivity index (χ0v) is 15.3. The third kappa shape index (κ3) is 4.62. The molecule has 3 unspecified atom stereocenters. The van der Waals surface area contributed by atoms with Crippen LogP contribution < -0.4 is 5.01 Å². The van der Waals surface area contributed by atoms with Gasteiger partial charge in [-0.05, 0) is 24.3 Å². The highest BCUT2D eigenvalue weighted by atomic mass is 19.4. The fourth-order valence-corrected chi connectivity index (χ4v) is 2.86. The SMILES string of the molecule is OC1C(C(O)C(F)(F)F)C(c2ccc(C(F)(F)F)cn2)=NN1c1ccc(C(F)(F)F)cn1. The average Bonchev–Trinajstić information content (AvgIpc) is 3.02. The minimum Gasteiger partial charge on any atom is -0.383 e. The molecule has 1 aliphatic heterocycles. The van der Waals surface area contributed by atoms with Gasteiger partial charge < -0.3 is 10.2 Å². The van der Waals surface area contributed by atoms with Crippen LogP contribution in [0.15, 0.2) is 41.8 Å². The average molecular weight is 474 g/mol. The topological polar surface area (TPSA) is 81.8 Å². The van der Waals surface area contributed by atoms with Crippen LogP contribution in [0.5, 0.6) is 0 Å². The Morgan fingerprint density at radius 3 is 1.75 bits per heavy atom. The summed E-state index contributed by atoms with van der Waals surface area (Å²) in [6.07, 6.45) is -19.6. The van der Waals surface area contributed by atoms with E-state index in [1.54, 1.807) is 0 Å². The summed E-state index contributed by atoms with van der Waals surface area (Å²) in [5, 5.41) is 24.2.